The lowest BCUT2D eigenvalue weighted by Gasteiger charge is -2.22. The molecule has 2 nitrogen and oxygen atoms in total. The van der Waals surface area contributed by atoms with Crippen LogP contribution >= 0.6 is 0 Å². The molecule has 2 N–H and O–H groups in total. The lowest BCUT2D eigenvalue weighted by molar-refractivity contribution is -0.0884. The molecular formula is C9H10F2O2. The normalized spacial score (nSPS) is 15.8. The van der Waals surface area contributed by atoms with Crippen molar-refractivity contribution >= 4 is 0 Å². The minimum absolute atomic E-state index is 0.00231. The van der Waals surface area contributed by atoms with E-state index in [1.54, 1.807) is 0 Å². The van der Waals surface area contributed by atoms with E-state index in [9.17, 15) is 13.9 Å². The fraction of sp³-hybridized carbons (Fsp3) is 0.333. The first-order valence-corrected chi connectivity index (χ1v) is 3.74. The monoisotopic (exact) mass is 188 g/mol. The second-order valence-corrected chi connectivity index (χ2v) is 3.00. The van der Waals surface area contributed by atoms with Crippen LogP contribution in [0.3, 0.4) is 0 Å². The van der Waals surface area contributed by atoms with Crippen LogP contribution in [0.2, 0.25) is 0 Å². The Labute approximate surface area is 74.4 Å². The SMILES string of the molecule is CC(O)(c1cccc(O)c1)C(F)F. The van der Waals surface area contributed by atoms with Crippen molar-refractivity contribution in [2.45, 2.75) is 19.0 Å². The van der Waals surface area contributed by atoms with E-state index < -0.39 is 12.0 Å². The van der Waals surface area contributed by atoms with Crippen molar-refractivity contribution in [3.8, 4) is 5.75 Å². The Hall–Kier alpha value is -1.16. The summed E-state index contributed by atoms with van der Waals surface area (Å²) >= 11 is 0. The molecule has 0 bridgehead atoms. The summed E-state index contributed by atoms with van der Waals surface area (Å²) < 4.78 is 24.6. The first kappa shape index (κ1) is 9.92. The standard InChI is InChI=1S/C9H10F2O2/c1-9(13,8(10)11)6-3-2-4-7(12)5-6/h2-5,8,12-13H,1H3. The summed E-state index contributed by atoms with van der Waals surface area (Å²) in [7, 11) is 0. The van der Waals surface area contributed by atoms with E-state index in [4.69, 9.17) is 5.11 Å². The molecule has 0 heterocycles. The molecule has 0 fully saturated rings. The highest BCUT2D eigenvalue weighted by Gasteiger charge is 2.34. The summed E-state index contributed by atoms with van der Waals surface area (Å²) in [6.45, 7) is 1.01. The van der Waals surface area contributed by atoms with Gasteiger partial charge in [-0.1, -0.05) is 12.1 Å². The molecule has 0 aliphatic rings. The van der Waals surface area contributed by atoms with Crippen LogP contribution in [0.1, 0.15) is 12.5 Å². The summed E-state index contributed by atoms with van der Waals surface area (Å²) in [5.74, 6) is -0.140. The summed E-state index contributed by atoms with van der Waals surface area (Å²) in [5.41, 5.74) is -2.21. The molecule has 4 heteroatoms. The zero-order valence-electron chi connectivity index (χ0n) is 7.04. The van der Waals surface area contributed by atoms with Crippen molar-refractivity contribution in [1.82, 2.24) is 0 Å². The van der Waals surface area contributed by atoms with Crippen molar-refractivity contribution in [2.75, 3.05) is 0 Å². The van der Waals surface area contributed by atoms with Gasteiger partial charge in [0.2, 0.25) is 0 Å². The number of phenols is 1. The van der Waals surface area contributed by atoms with Crippen LogP contribution in [0.4, 0.5) is 8.78 Å². The molecule has 1 unspecified atom stereocenters. The molecule has 0 aliphatic carbocycles. The molecule has 1 aromatic carbocycles. The summed E-state index contributed by atoms with van der Waals surface area (Å²) in [4.78, 5) is 0. The largest absolute Gasteiger partial charge is 0.508 e. The third-order valence-electron chi connectivity index (χ3n) is 1.86. The second-order valence-electron chi connectivity index (χ2n) is 3.00. The first-order chi connectivity index (χ1) is 5.94. The third-order valence-corrected chi connectivity index (χ3v) is 1.86. The van der Waals surface area contributed by atoms with E-state index >= 15 is 0 Å². The van der Waals surface area contributed by atoms with Crippen molar-refractivity contribution < 1.29 is 19.0 Å². The van der Waals surface area contributed by atoms with Crippen LogP contribution in [-0.2, 0) is 5.60 Å². The number of aliphatic hydroxyl groups is 1. The number of hydrogen-bond acceptors (Lipinski definition) is 2. The van der Waals surface area contributed by atoms with Crippen LogP contribution in [0, 0.1) is 0 Å². The van der Waals surface area contributed by atoms with Crippen LogP contribution in [-0.4, -0.2) is 16.6 Å². The zero-order chi connectivity index (χ0) is 10.1. The van der Waals surface area contributed by atoms with E-state index in [2.05, 4.69) is 0 Å². The lowest BCUT2D eigenvalue weighted by atomic mass is 9.96. The smallest absolute Gasteiger partial charge is 0.270 e. The van der Waals surface area contributed by atoms with E-state index in [-0.39, 0.29) is 11.3 Å². The molecule has 1 atom stereocenters. The topological polar surface area (TPSA) is 40.5 Å². The Morgan fingerprint density at radius 3 is 2.46 bits per heavy atom. The maximum absolute atomic E-state index is 12.3. The van der Waals surface area contributed by atoms with E-state index in [0.29, 0.717) is 0 Å². The van der Waals surface area contributed by atoms with E-state index in [0.717, 1.165) is 13.0 Å². The zero-order valence-corrected chi connectivity index (χ0v) is 7.04. The average molecular weight is 188 g/mol. The Kier molecular flexibility index (Phi) is 2.52. The number of benzene rings is 1. The fourth-order valence-electron chi connectivity index (χ4n) is 0.947. The molecule has 0 saturated heterocycles. The molecule has 72 valence electrons. The lowest BCUT2D eigenvalue weighted by Crippen LogP contribution is -2.30. The van der Waals surface area contributed by atoms with Gasteiger partial charge in [-0.25, -0.2) is 8.78 Å². The van der Waals surface area contributed by atoms with Gasteiger partial charge in [-0.2, -0.15) is 0 Å². The molecule has 0 amide bonds. The summed E-state index contributed by atoms with van der Waals surface area (Å²) in [5, 5.41) is 18.3. The minimum atomic E-state index is -2.88. The van der Waals surface area contributed by atoms with Gasteiger partial charge in [-0.15, -0.1) is 0 Å². The van der Waals surface area contributed by atoms with Crippen molar-refractivity contribution in [3.05, 3.63) is 29.8 Å². The minimum Gasteiger partial charge on any atom is -0.508 e. The highest BCUT2D eigenvalue weighted by Crippen LogP contribution is 2.29. The molecular weight excluding hydrogens is 178 g/mol. The Bertz CT molecular complexity index is 297. The fourth-order valence-corrected chi connectivity index (χ4v) is 0.947. The Morgan fingerprint density at radius 1 is 1.38 bits per heavy atom. The number of alkyl halides is 2. The highest BCUT2D eigenvalue weighted by atomic mass is 19.3. The third kappa shape index (κ3) is 1.95. The van der Waals surface area contributed by atoms with Gasteiger partial charge in [0.25, 0.3) is 6.43 Å². The highest BCUT2D eigenvalue weighted by molar-refractivity contribution is 5.31. The van der Waals surface area contributed by atoms with Crippen LogP contribution < -0.4 is 0 Å². The molecule has 13 heavy (non-hydrogen) atoms. The molecule has 0 aliphatic heterocycles. The number of phenolic OH excluding ortho intramolecular Hbond substituents is 1. The van der Waals surface area contributed by atoms with Crippen LogP contribution in [0.5, 0.6) is 5.75 Å². The Morgan fingerprint density at radius 2 is 2.00 bits per heavy atom. The van der Waals surface area contributed by atoms with Gasteiger partial charge >= 0.3 is 0 Å². The molecule has 0 saturated carbocycles. The van der Waals surface area contributed by atoms with Gasteiger partial charge in [-0.3, -0.25) is 0 Å². The quantitative estimate of drug-likeness (QED) is 0.743. The maximum atomic E-state index is 12.3. The number of hydrogen-bond donors (Lipinski definition) is 2. The summed E-state index contributed by atoms with van der Waals surface area (Å²) in [6, 6.07) is 5.21. The number of rotatable bonds is 2. The molecule has 0 spiro atoms. The van der Waals surface area contributed by atoms with Crippen LogP contribution in [0.25, 0.3) is 0 Å². The predicted molar refractivity (Wildman–Crippen MR) is 43.7 cm³/mol. The maximum Gasteiger partial charge on any atom is 0.270 e. The average Bonchev–Trinajstić information content (AvgIpc) is 2.04. The number of halogens is 2. The molecule has 0 radical (unpaired) electrons. The van der Waals surface area contributed by atoms with Crippen LogP contribution in [0.15, 0.2) is 24.3 Å². The molecule has 1 rings (SSSR count). The van der Waals surface area contributed by atoms with E-state index in [1.807, 2.05) is 0 Å². The second kappa shape index (κ2) is 3.30. The van der Waals surface area contributed by atoms with Crippen molar-refractivity contribution in [2.24, 2.45) is 0 Å². The Balaban J connectivity index is 3.07. The molecule has 1 aromatic rings. The van der Waals surface area contributed by atoms with Gasteiger partial charge in [0.15, 0.2) is 0 Å². The predicted octanol–water partition coefficient (Wildman–Crippen LogP) is 1.86. The van der Waals surface area contributed by atoms with E-state index in [1.165, 1.54) is 18.2 Å². The van der Waals surface area contributed by atoms with Gasteiger partial charge < -0.3 is 10.2 Å². The number of aromatic hydroxyl groups is 1. The first-order valence-electron chi connectivity index (χ1n) is 3.74. The van der Waals surface area contributed by atoms with Gasteiger partial charge in [0, 0.05) is 0 Å². The van der Waals surface area contributed by atoms with Gasteiger partial charge in [-0.05, 0) is 24.6 Å². The van der Waals surface area contributed by atoms with Gasteiger partial charge in [0.1, 0.15) is 11.4 Å². The van der Waals surface area contributed by atoms with Crippen molar-refractivity contribution in [3.63, 3.8) is 0 Å². The van der Waals surface area contributed by atoms with Gasteiger partial charge in [0.05, 0.1) is 0 Å². The molecule has 0 aromatic heterocycles. The van der Waals surface area contributed by atoms with Crippen molar-refractivity contribution in [1.29, 1.82) is 0 Å². The summed E-state index contributed by atoms with van der Waals surface area (Å²) in [6.07, 6.45) is -2.88.